The Balaban J connectivity index is 2.13. The smallest absolute Gasteiger partial charge is 0.250 e. The second-order valence-electron chi connectivity index (χ2n) is 3.67. The van der Waals surface area contributed by atoms with Crippen LogP contribution in [0.25, 0.3) is 0 Å². The lowest BCUT2D eigenvalue weighted by molar-refractivity contribution is 0.582. The number of halogens is 1. The van der Waals surface area contributed by atoms with Gasteiger partial charge in [-0.1, -0.05) is 6.07 Å². The molecule has 2 rings (SSSR count). The Morgan fingerprint density at radius 2 is 2.22 bits per heavy atom. The number of pyridine rings is 1. The maximum Gasteiger partial charge on any atom is 0.250 e. The van der Waals surface area contributed by atoms with E-state index in [9.17, 15) is 8.42 Å². The third-order valence-corrected chi connectivity index (χ3v) is 6.28. The Morgan fingerprint density at radius 1 is 1.44 bits per heavy atom. The average Bonchev–Trinajstić information content (AvgIpc) is 2.70. The molecule has 0 aromatic carbocycles. The number of hydrogen-bond acceptors (Lipinski definition) is 4. The molecule has 0 aliphatic rings. The van der Waals surface area contributed by atoms with Crippen molar-refractivity contribution in [2.24, 2.45) is 0 Å². The van der Waals surface area contributed by atoms with Crippen LogP contribution in [-0.4, -0.2) is 13.4 Å². The van der Waals surface area contributed by atoms with E-state index in [0.717, 1.165) is 9.35 Å². The van der Waals surface area contributed by atoms with Gasteiger partial charge in [-0.15, -0.1) is 11.3 Å². The molecule has 2 aromatic heterocycles. The van der Waals surface area contributed by atoms with E-state index in [1.165, 1.54) is 11.3 Å². The standard InChI is InChI=1S/C11H11BrN2O2S2/c1-8-6-10(17-11(8)12)18(15,16)14-7-9-4-2-3-5-13-9/h2-6,14H,7H2,1H3. The quantitative estimate of drug-likeness (QED) is 0.925. The van der Waals surface area contributed by atoms with Crippen molar-refractivity contribution in [3.8, 4) is 0 Å². The molecule has 18 heavy (non-hydrogen) atoms. The number of aromatic nitrogens is 1. The minimum atomic E-state index is -3.46. The fraction of sp³-hybridized carbons (Fsp3) is 0.182. The van der Waals surface area contributed by atoms with Crippen molar-refractivity contribution in [1.82, 2.24) is 9.71 Å². The SMILES string of the molecule is Cc1cc(S(=O)(=O)NCc2ccccn2)sc1Br. The first-order chi connectivity index (χ1) is 8.49. The molecule has 0 saturated carbocycles. The van der Waals surface area contributed by atoms with E-state index < -0.39 is 10.0 Å². The van der Waals surface area contributed by atoms with Gasteiger partial charge in [0.25, 0.3) is 0 Å². The molecule has 0 bridgehead atoms. The minimum absolute atomic E-state index is 0.192. The highest BCUT2D eigenvalue weighted by molar-refractivity contribution is 9.11. The monoisotopic (exact) mass is 346 g/mol. The first-order valence-corrected chi connectivity index (χ1v) is 8.24. The van der Waals surface area contributed by atoms with E-state index in [-0.39, 0.29) is 6.54 Å². The molecule has 0 radical (unpaired) electrons. The molecule has 0 fully saturated rings. The van der Waals surface area contributed by atoms with Gasteiger partial charge >= 0.3 is 0 Å². The average molecular weight is 347 g/mol. The Morgan fingerprint density at radius 3 is 2.78 bits per heavy atom. The van der Waals surface area contributed by atoms with E-state index in [1.54, 1.807) is 24.4 Å². The highest BCUT2D eigenvalue weighted by atomic mass is 79.9. The second kappa shape index (κ2) is 5.48. The van der Waals surface area contributed by atoms with E-state index in [0.29, 0.717) is 9.90 Å². The van der Waals surface area contributed by atoms with Crippen molar-refractivity contribution in [3.63, 3.8) is 0 Å². The molecule has 96 valence electrons. The molecular weight excluding hydrogens is 336 g/mol. The number of hydrogen-bond donors (Lipinski definition) is 1. The summed E-state index contributed by atoms with van der Waals surface area (Å²) in [6, 6.07) is 7.04. The number of rotatable bonds is 4. The number of thiophene rings is 1. The maximum absolute atomic E-state index is 12.0. The van der Waals surface area contributed by atoms with Crippen molar-refractivity contribution in [2.75, 3.05) is 0 Å². The van der Waals surface area contributed by atoms with E-state index >= 15 is 0 Å². The van der Waals surface area contributed by atoms with Gasteiger partial charge in [-0.25, -0.2) is 13.1 Å². The van der Waals surface area contributed by atoms with Gasteiger partial charge in [0.05, 0.1) is 16.0 Å². The number of aryl methyl sites for hydroxylation is 1. The molecule has 2 heterocycles. The molecule has 0 aliphatic heterocycles. The van der Waals surface area contributed by atoms with Crippen molar-refractivity contribution in [3.05, 3.63) is 45.5 Å². The first-order valence-electron chi connectivity index (χ1n) is 5.14. The predicted octanol–water partition coefficient (Wildman–Crippen LogP) is 2.69. The van der Waals surface area contributed by atoms with Gasteiger partial charge in [0.15, 0.2) is 0 Å². The Hall–Kier alpha value is -0.760. The number of sulfonamides is 1. The molecule has 7 heteroatoms. The number of nitrogens with zero attached hydrogens (tertiary/aromatic N) is 1. The highest BCUT2D eigenvalue weighted by Gasteiger charge is 2.17. The summed E-state index contributed by atoms with van der Waals surface area (Å²) in [5.74, 6) is 0. The minimum Gasteiger partial charge on any atom is -0.260 e. The largest absolute Gasteiger partial charge is 0.260 e. The predicted molar refractivity (Wildman–Crippen MR) is 75.0 cm³/mol. The van der Waals surface area contributed by atoms with Gasteiger partial charge in [-0.3, -0.25) is 4.98 Å². The van der Waals surface area contributed by atoms with E-state index in [2.05, 4.69) is 25.6 Å². The Kier molecular flexibility index (Phi) is 4.16. The van der Waals surface area contributed by atoms with Crippen LogP contribution in [0.4, 0.5) is 0 Å². The molecule has 0 atom stereocenters. The summed E-state index contributed by atoms with van der Waals surface area (Å²) >= 11 is 4.52. The first kappa shape index (κ1) is 13.7. The molecule has 4 nitrogen and oxygen atoms in total. The van der Waals surface area contributed by atoms with Crippen molar-refractivity contribution in [2.45, 2.75) is 17.7 Å². The van der Waals surface area contributed by atoms with Crippen molar-refractivity contribution in [1.29, 1.82) is 0 Å². The van der Waals surface area contributed by atoms with Gasteiger partial charge in [0.2, 0.25) is 10.0 Å². The van der Waals surface area contributed by atoms with Crippen LogP contribution in [-0.2, 0) is 16.6 Å². The van der Waals surface area contributed by atoms with Gasteiger partial charge in [0, 0.05) is 6.20 Å². The lowest BCUT2D eigenvalue weighted by Crippen LogP contribution is -2.22. The van der Waals surface area contributed by atoms with Gasteiger partial charge in [-0.05, 0) is 46.6 Å². The molecule has 0 aliphatic carbocycles. The number of nitrogens with one attached hydrogen (secondary N) is 1. The summed E-state index contributed by atoms with van der Waals surface area (Å²) in [6.45, 7) is 2.05. The summed E-state index contributed by atoms with van der Waals surface area (Å²) < 4.78 is 27.7. The second-order valence-corrected chi connectivity index (χ2v) is 8.03. The van der Waals surface area contributed by atoms with Crippen LogP contribution in [0.5, 0.6) is 0 Å². The molecule has 0 amide bonds. The van der Waals surface area contributed by atoms with Crippen LogP contribution < -0.4 is 4.72 Å². The Labute approximate surface area is 118 Å². The fourth-order valence-corrected chi connectivity index (χ4v) is 4.58. The van der Waals surface area contributed by atoms with Crippen LogP contribution in [0.15, 0.2) is 38.5 Å². The summed E-state index contributed by atoms with van der Waals surface area (Å²) in [5.41, 5.74) is 1.60. The zero-order valence-corrected chi connectivity index (χ0v) is 12.8. The summed E-state index contributed by atoms with van der Waals surface area (Å²) in [5, 5.41) is 0. The highest BCUT2D eigenvalue weighted by Crippen LogP contribution is 2.30. The molecule has 2 aromatic rings. The van der Waals surface area contributed by atoms with Gasteiger partial charge < -0.3 is 0 Å². The van der Waals surface area contributed by atoms with Crippen molar-refractivity contribution >= 4 is 37.3 Å². The lowest BCUT2D eigenvalue weighted by Gasteiger charge is -2.03. The Bertz CT molecular complexity index is 619. The van der Waals surface area contributed by atoms with Crippen LogP contribution in [0.1, 0.15) is 11.3 Å². The van der Waals surface area contributed by atoms with Gasteiger partial charge in [0.1, 0.15) is 4.21 Å². The lowest BCUT2D eigenvalue weighted by atomic mass is 10.4. The normalized spacial score (nSPS) is 11.7. The third kappa shape index (κ3) is 3.17. The summed E-state index contributed by atoms with van der Waals surface area (Å²) in [4.78, 5) is 4.07. The van der Waals surface area contributed by atoms with Crippen LogP contribution in [0.2, 0.25) is 0 Å². The summed E-state index contributed by atoms with van der Waals surface area (Å²) in [6.07, 6.45) is 1.63. The maximum atomic E-state index is 12.0. The molecular formula is C11H11BrN2O2S2. The van der Waals surface area contributed by atoms with Crippen LogP contribution >= 0.6 is 27.3 Å². The van der Waals surface area contributed by atoms with E-state index in [4.69, 9.17) is 0 Å². The molecule has 0 spiro atoms. The summed E-state index contributed by atoms with van der Waals surface area (Å²) in [7, 11) is -3.46. The topological polar surface area (TPSA) is 59.1 Å². The van der Waals surface area contributed by atoms with Crippen LogP contribution in [0.3, 0.4) is 0 Å². The van der Waals surface area contributed by atoms with Crippen LogP contribution in [0, 0.1) is 6.92 Å². The molecule has 0 saturated heterocycles. The van der Waals surface area contributed by atoms with Gasteiger partial charge in [-0.2, -0.15) is 0 Å². The zero-order chi connectivity index (χ0) is 13.2. The molecule has 0 unspecified atom stereocenters. The zero-order valence-electron chi connectivity index (χ0n) is 9.55. The molecule has 1 N–H and O–H groups in total. The third-order valence-electron chi connectivity index (χ3n) is 2.27. The van der Waals surface area contributed by atoms with Crippen molar-refractivity contribution < 1.29 is 8.42 Å². The fourth-order valence-electron chi connectivity index (χ4n) is 1.31. The van der Waals surface area contributed by atoms with E-state index in [1.807, 2.05) is 13.0 Å².